The largest absolute Gasteiger partial charge is 0.342 e. The van der Waals surface area contributed by atoms with Crippen LogP contribution in [-0.4, -0.2) is 52.8 Å². The molecule has 30 heavy (non-hydrogen) atoms. The van der Waals surface area contributed by atoms with Gasteiger partial charge in [-0.05, 0) is 54.8 Å². The van der Waals surface area contributed by atoms with E-state index in [9.17, 15) is 0 Å². The van der Waals surface area contributed by atoms with Crippen LogP contribution in [0.15, 0.2) is 66.1 Å². The van der Waals surface area contributed by atoms with Crippen molar-refractivity contribution in [2.45, 2.75) is 31.8 Å². The molecule has 1 unspecified atom stereocenters. The van der Waals surface area contributed by atoms with E-state index in [1.54, 1.807) is 0 Å². The molecular weight excluding hydrogens is 370 g/mol. The van der Waals surface area contributed by atoms with Gasteiger partial charge in [0.1, 0.15) is 0 Å². The number of hydrogen-bond acceptors (Lipinski definition) is 5. The molecule has 5 nitrogen and oxygen atoms in total. The SMILES string of the molecule is C=C1C=C(c2ccncc2)N=C(N2CCCC(c3ccc4c(c3)CN(C)C4)C2)N1C. The van der Waals surface area contributed by atoms with Crippen molar-refractivity contribution in [1.29, 1.82) is 0 Å². The van der Waals surface area contributed by atoms with E-state index in [1.165, 1.54) is 29.5 Å². The fourth-order valence-corrected chi connectivity index (χ4v) is 4.82. The Bertz CT molecular complexity index is 1020. The van der Waals surface area contributed by atoms with Crippen LogP contribution in [0.25, 0.3) is 5.70 Å². The number of aromatic nitrogens is 1. The lowest BCUT2D eigenvalue weighted by molar-refractivity contribution is 0.284. The van der Waals surface area contributed by atoms with Crippen molar-refractivity contribution in [3.05, 3.63) is 83.3 Å². The van der Waals surface area contributed by atoms with Crippen LogP contribution in [0.3, 0.4) is 0 Å². The van der Waals surface area contributed by atoms with Gasteiger partial charge in [-0.3, -0.25) is 9.88 Å². The van der Waals surface area contributed by atoms with Gasteiger partial charge < -0.3 is 9.80 Å². The summed E-state index contributed by atoms with van der Waals surface area (Å²) in [6.45, 7) is 8.42. The third kappa shape index (κ3) is 3.54. The van der Waals surface area contributed by atoms with Gasteiger partial charge in [0.15, 0.2) is 0 Å². The van der Waals surface area contributed by atoms with E-state index in [2.05, 4.69) is 64.6 Å². The Morgan fingerprint density at radius 1 is 1.03 bits per heavy atom. The number of likely N-dealkylation sites (tertiary alicyclic amines) is 1. The van der Waals surface area contributed by atoms with Crippen LogP contribution in [0.5, 0.6) is 0 Å². The van der Waals surface area contributed by atoms with Gasteiger partial charge in [0.2, 0.25) is 5.96 Å². The number of rotatable bonds is 2. The lowest BCUT2D eigenvalue weighted by Gasteiger charge is -2.40. The van der Waals surface area contributed by atoms with Gasteiger partial charge in [0, 0.05) is 62.8 Å². The predicted molar refractivity (Wildman–Crippen MR) is 122 cm³/mol. The molecule has 3 aliphatic rings. The summed E-state index contributed by atoms with van der Waals surface area (Å²) in [5.41, 5.74) is 7.45. The van der Waals surface area contributed by atoms with Gasteiger partial charge in [0.25, 0.3) is 0 Å². The first-order valence-corrected chi connectivity index (χ1v) is 10.8. The number of nitrogens with zero attached hydrogens (tertiary/aromatic N) is 5. The van der Waals surface area contributed by atoms with E-state index >= 15 is 0 Å². The van der Waals surface area contributed by atoms with Crippen molar-refractivity contribution in [1.82, 2.24) is 19.7 Å². The van der Waals surface area contributed by atoms with Crippen molar-refractivity contribution in [3.8, 4) is 0 Å². The minimum absolute atomic E-state index is 0.537. The number of aliphatic imine (C=N–C) groups is 1. The Morgan fingerprint density at radius 2 is 1.83 bits per heavy atom. The van der Waals surface area contributed by atoms with Crippen LogP contribution >= 0.6 is 0 Å². The van der Waals surface area contributed by atoms with Crippen molar-refractivity contribution < 1.29 is 0 Å². The maximum Gasteiger partial charge on any atom is 0.206 e. The van der Waals surface area contributed by atoms with Crippen LogP contribution in [-0.2, 0) is 13.1 Å². The van der Waals surface area contributed by atoms with Crippen LogP contribution in [0.1, 0.15) is 41.0 Å². The zero-order chi connectivity index (χ0) is 20.7. The fourth-order valence-electron chi connectivity index (χ4n) is 4.82. The quantitative estimate of drug-likeness (QED) is 0.763. The average Bonchev–Trinajstić information content (AvgIpc) is 3.15. The molecule has 1 aromatic heterocycles. The maximum absolute atomic E-state index is 5.04. The van der Waals surface area contributed by atoms with E-state index < -0.39 is 0 Å². The summed E-state index contributed by atoms with van der Waals surface area (Å²) >= 11 is 0. The van der Waals surface area contributed by atoms with Crippen molar-refractivity contribution in [2.75, 3.05) is 27.2 Å². The second-order valence-corrected chi connectivity index (χ2v) is 8.71. The molecule has 154 valence electrons. The number of hydrogen-bond donors (Lipinski definition) is 0. The molecule has 1 saturated heterocycles. The van der Waals surface area contributed by atoms with Crippen molar-refractivity contribution >= 4 is 11.7 Å². The number of pyridine rings is 1. The molecular formula is C25H29N5. The molecule has 1 fully saturated rings. The zero-order valence-corrected chi connectivity index (χ0v) is 17.9. The van der Waals surface area contributed by atoms with Crippen LogP contribution in [0.4, 0.5) is 0 Å². The predicted octanol–water partition coefficient (Wildman–Crippen LogP) is 4.06. The Hall–Kier alpha value is -2.92. The first-order valence-electron chi connectivity index (χ1n) is 10.8. The average molecular weight is 400 g/mol. The molecule has 0 radical (unpaired) electrons. The maximum atomic E-state index is 5.04. The summed E-state index contributed by atoms with van der Waals surface area (Å²) in [6, 6.07) is 11.1. The Morgan fingerprint density at radius 3 is 2.67 bits per heavy atom. The summed E-state index contributed by atoms with van der Waals surface area (Å²) in [7, 11) is 4.26. The Kier molecular flexibility index (Phi) is 4.91. The van der Waals surface area contributed by atoms with E-state index in [-0.39, 0.29) is 0 Å². The third-order valence-corrected chi connectivity index (χ3v) is 6.52. The van der Waals surface area contributed by atoms with E-state index in [1.807, 2.05) is 24.5 Å². The monoisotopic (exact) mass is 399 g/mol. The highest BCUT2D eigenvalue weighted by Gasteiger charge is 2.29. The van der Waals surface area contributed by atoms with Crippen LogP contribution < -0.4 is 0 Å². The number of benzene rings is 1. The number of guanidine groups is 1. The normalized spacial score (nSPS) is 22.1. The molecule has 1 aromatic carbocycles. The molecule has 0 spiro atoms. The molecule has 0 saturated carbocycles. The highest BCUT2D eigenvalue weighted by Crippen LogP contribution is 2.33. The summed E-state index contributed by atoms with van der Waals surface area (Å²) in [5, 5.41) is 0. The molecule has 5 heteroatoms. The molecule has 0 bridgehead atoms. The second-order valence-electron chi connectivity index (χ2n) is 8.71. The minimum atomic E-state index is 0.537. The van der Waals surface area contributed by atoms with Crippen LogP contribution in [0.2, 0.25) is 0 Å². The van der Waals surface area contributed by atoms with Gasteiger partial charge in [-0.1, -0.05) is 24.8 Å². The molecule has 0 amide bonds. The Labute approximate surface area is 179 Å². The summed E-state index contributed by atoms with van der Waals surface area (Å²) in [6.07, 6.45) is 8.09. The number of fused-ring (bicyclic) bond motifs is 1. The van der Waals surface area contributed by atoms with Crippen molar-refractivity contribution in [3.63, 3.8) is 0 Å². The van der Waals surface area contributed by atoms with Gasteiger partial charge in [0.05, 0.1) is 5.70 Å². The first kappa shape index (κ1) is 19.1. The summed E-state index contributed by atoms with van der Waals surface area (Å²) in [5.74, 6) is 1.54. The van der Waals surface area contributed by atoms with Crippen molar-refractivity contribution in [2.24, 2.45) is 4.99 Å². The van der Waals surface area contributed by atoms with Crippen LogP contribution in [0, 0.1) is 0 Å². The Balaban J connectivity index is 1.40. The highest BCUT2D eigenvalue weighted by molar-refractivity contribution is 5.91. The van der Waals surface area contributed by atoms with Gasteiger partial charge >= 0.3 is 0 Å². The number of piperidine rings is 1. The van der Waals surface area contributed by atoms with E-state index in [0.717, 1.165) is 49.1 Å². The van der Waals surface area contributed by atoms with E-state index in [0.29, 0.717) is 5.92 Å². The lowest BCUT2D eigenvalue weighted by Crippen LogP contribution is -2.47. The standard InChI is InChI=1S/C25H29N5/c1-18-13-24(19-8-10-26-11-9-19)27-25(29(18)3)30-12-4-5-21(17-30)20-6-7-22-15-28(2)16-23(22)14-20/h6-11,13-14,21H,1,4-5,12,15-17H2,2-3H3. The minimum Gasteiger partial charge on any atom is -0.342 e. The molecule has 3 aliphatic heterocycles. The smallest absolute Gasteiger partial charge is 0.206 e. The van der Waals surface area contributed by atoms with E-state index in [4.69, 9.17) is 4.99 Å². The molecule has 5 rings (SSSR count). The topological polar surface area (TPSA) is 35.0 Å². The number of likely N-dealkylation sites (N-methyl/N-ethyl adjacent to an activating group) is 1. The second kappa shape index (κ2) is 7.73. The summed E-state index contributed by atoms with van der Waals surface area (Å²) in [4.78, 5) is 16.1. The molecule has 4 heterocycles. The molecule has 0 aliphatic carbocycles. The number of allylic oxidation sites excluding steroid dienone is 1. The summed E-state index contributed by atoms with van der Waals surface area (Å²) < 4.78 is 0. The van der Waals surface area contributed by atoms with Gasteiger partial charge in [-0.15, -0.1) is 0 Å². The van der Waals surface area contributed by atoms with Gasteiger partial charge in [-0.2, -0.15) is 0 Å². The third-order valence-electron chi connectivity index (χ3n) is 6.52. The fraction of sp³-hybridized carbons (Fsp3) is 0.360. The lowest BCUT2D eigenvalue weighted by atomic mass is 9.89. The molecule has 0 N–H and O–H groups in total. The highest BCUT2D eigenvalue weighted by atomic mass is 15.4. The molecule has 2 aromatic rings. The molecule has 1 atom stereocenters. The first-order chi connectivity index (χ1) is 14.6. The zero-order valence-electron chi connectivity index (χ0n) is 17.9. The van der Waals surface area contributed by atoms with Gasteiger partial charge in [-0.25, -0.2) is 4.99 Å².